The summed E-state index contributed by atoms with van der Waals surface area (Å²) < 4.78 is 22.5. The SMILES string of the molecule is O=S1(=O)CCC(NCCN2CCNCC2)C1. The molecular weight excluding hydrogens is 226 g/mol. The van der Waals surface area contributed by atoms with Gasteiger partial charge in [-0.25, -0.2) is 8.42 Å². The van der Waals surface area contributed by atoms with Crippen molar-refractivity contribution >= 4 is 9.84 Å². The largest absolute Gasteiger partial charge is 0.314 e. The smallest absolute Gasteiger partial charge is 0.151 e. The highest BCUT2D eigenvalue weighted by Crippen LogP contribution is 2.10. The van der Waals surface area contributed by atoms with Gasteiger partial charge in [-0.1, -0.05) is 0 Å². The lowest BCUT2D eigenvalue weighted by Crippen LogP contribution is -2.46. The van der Waals surface area contributed by atoms with Gasteiger partial charge in [0.05, 0.1) is 11.5 Å². The molecule has 5 nitrogen and oxygen atoms in total. The van der Waals surface area contributed by atoms with Crippen molar-refractivity contribution in [2.24, 2.45) is 0 Å². The Bertz CT molecular complexity index is 312. The van der Waals surface area contributed by atoms with Crippen LogP contribution in [0.4, 0.5) is 0 Å². The topological polar surface area (TPSA) is 61.4 Å². The minimum Gasteiger partial charge on any atom is -0.314 e. The maximum Gasteiger partial charge on any atom is 0.151 e. The van der Waals surface area contributed by atoms with Crippen LogP contribution in [0.15, 0.2) is 0 Å². The molecule has 2 heterocycles. The van der Waals surface area contributed by atoms with E-state index in [0.29, 0.717) is 11.5 Å². The molecule has 2 aliphatic heterocycles. The third-order valence-electron chi connectivity index (χ3n) is 3.30. The van der Waals surface area contributed by atoms with Crippen molar-refractivity contribution in [1.82, 2.24) is 15.5 Å². The molecule has 1 unspecified atom stereocenters. The molecule has 2 fully saturated rings. The van der Waals surface area contributed by atoms with Crippen molar-refractivity contribution in [1.29, 1.82) is 0 Å². The molecule has 16 heavy (non-hydrogen) atoms. The molecule has 0 bridgehead atoms. The fourth-order valence-electron chi connectivity index (χ4n) is 2.32. The molecule has 6 heteroatoms. The molecule has 2 saturated heterocycles. The molecule has 0 amide bonds. The van der Waals surface area contributed by atoms with Gasteiger partial charge in [0, 0.05) is 45.3 Å². The molecule has 0 aliphatic carbocycles. The second-order valence-electron chi connectivity index (χ2n) is 4.65. The van der Waals surface area contributed by atoms with E-state index in [1.165, 1.54) is 0 Å². The quantitative estimate of drug-likeness (QED) is 0.644. The molecule has 94 valence electrons. The monoisotopic (exact) mass is 247 g/mol. The second kappa shape index (κ2) is 5.44. The zero-order chi connectivity index (χ0) is 11.4. The van der Waals surface area contributed by atoms with E-state index in [4.69, 9.17) is 0 Å². The first-order chi connectivity index (χ1) is 7.66. The Morgan fingerprint density at radius 3 is 2.69 bits per heavy atom. The van der Waals surface area contributed by atoms with Gasteiger partial charge < -0.3 is 10.6 Å². The zero-order valence-electron chi connectivity index (χ0n) is 9.61. The lowest BCUT2D eigenvalue weighted by Gasteiger charge is -2.27. The Hall–Kier alpha value is -0.170. The average molecular weight is 247 g/mol. The van der Waals surface area contributed by atoms with E-state index in [1.54, 1.807) is 0 Å². The lowest BCUT2D eigenvalue weighted by atomic mass is 10.2. The Kier molecular flexibility index (Phi) is 4.18. The van der Waals surface area contributed by atoms with Crippen LogP contribution in [0.25, 0.3) is 0 Å². The van der Waals surface area contributed by atoms with Gasteiger partial charge in [0.1, 0.15) is 0 Å². The van der Waals surface area contributed by atoms with Crippen molar-refractivity contribution in [3.63, 3.8) is 0 Å². The molecule has 0 radical (unpaired) electrons. The Morgan fingerprint density at radius 1 is 1.31 bits per heavy atom. The Balaban J connectivity index is 1.61. The van der Waals surface area contributed by atoms with Gasteiger partial charge in [0.2, 0.25) is 0 Å². The molecule has 2 rings (SSSR count). The Labute approximate surface area is 97.5 Å². The van der Waals surface area contributed by atoms with Crippen LogP contribution >= 0.6 is 0 Å². The highest BCUT2D eigenvalue weighted by Gasteiger charge is 2.27. The third kappa shape index (κ3) is 3.69. The minimum absolute atomic E-state index is 0.188. The van der Waals surface area contributed by atoms with E-state index in [-0.39, 0.29) is 6.04 Å². The van der Waals surface area contributed by atoms with Gasteiger partial charge in [-0.05, 0) is 6.42 Å². The van der Waals surface area contributed by atoms with Gasteiger partial charge in [0.25, 0.3) is 0 Å². The van der Waals surface area contributed by atoms with E-state index < -0.39 is 9.84 Å². The van der Waals surface area contributed by atoms with Crippen LogP contribution < -0.4 is 10.6 Å². The number of rotatable bonds is 4. The summed E-state index contributed by atoms with van der Waals surface area (Å²) in [4.78, 5) is 2.41. The summed E-state index contributed by atoms with van der Waals surface area (Å²) in [5, 5.41) is 6.66. The van der Waals surface area contributed by atoms with Crippen LogP contribution in [0.5, 0.6) is 0 Å². The first-order valence-electron chi connectivity index (χ1n) is 6.03. The third-order valence-corrected chi connectivity index (χ3v) is 5.07. The fraction of sp³-hybridized carbons (Fsp3) is 1.00. The number of hydrogen-bond donors (Lipinski definition) is 2. The van der Waals surface area contributed by atoms with E-state index in [2.05, 4.69) is 15.5 Å². The van der Waals surface area contributed by atoms with Crippen LogP contribution in [-0.2, 0) is 9.84 Å². The molecule has 0 aromatic rings. The maximum atomic E-state index is 11.2. The molecule has 0 aromatic carbocycles. The second-order valence-corrected chi connectivity index (χ2v) is 6.87. The molecule has 0 saturated carbocycles. The summed E-state index contributed by atoms with van der Waals surface area (Å²) in [5.74, 6) is 0.687. The van der Waals surface area contributed by atoms with E-state index in [1.807, 2.05) is 0 Å². The predicted molar refractivity (Wildman–Crippen MR) is 64.4 cm³/mol. The highest BCUT2D eigenvalue weighted by molar-refractivity contribution is 7.91. The van der Waals surface area contributed by atoms with Crippen molar-refractivity contribution in [2.75, 3.05) is 50.8 Å². The fourth-order valence-corrected chi connectivity index (χ4v) is 4.03. The van der Waals surface area contributed by atoms with Crippen LogP contribution in [0, 0.1) is 0 Å². The number of piperazine rings is 1. The molecular formula is C10H21N3O2S. The molecule has 0 aromatic heterocycles. The number of nitrogens with zero attached hydrogens (tertiary/aromatic N) is 1. The average Bonchev–Trinajstić information content (AvgIpc) is 2.60. The highest BCUT2D eigenvalue weighted by atomic mass is 32.2. The first-order valence-corrected chi connectivity index (χ1v) is 7.85. The summed E-state index contributed by atoms with van der Waals surface area (Å²) in [5.41, 5.74) is 0. The number of nitrogens with one attached hydrogen (secondary N) is 2. The van der Waals surface area contributed by atoms with Crippen molar-refractivity contribution in [3.8, 4) is 0 Å². The van der Waals surface area contributed by atoms with E-state index in [0.717, 1.165) is 45.7 Å². The van der Waals surface area contributed by atoms with E-state index >= 15 is 0 Å². The minimum atomic E-state index is -2.74. The number of hydrogen-bond acceptors (Lipinski definition) is 5. The normalized spacial score (nSPS) is 30.6. The lowest BCUT2D eigenvalue weighted by molar-refractivity contribution is 0.239. The van der Waals surface area contributed by atoms with Crippen LogP contribution in [0.3, 0.4) is 0 Å². The van der Waals surface area contributed by atoms with Crippen LogP contribution in [0.2, 0.25) is 0 Å². The molecule has 2 aliphatic rings. The number of sulfone groups is 1. The van der Waals surface area contributed by atoms with Crippen molar-refractivity contribution in [3.05, 3.63) is 0 Å². The van der Waals surface area contributed by atoms with Gasteiger partial charge in [-0.2, -0.15) is 0 Å². The first kappa shape index (κ1) is 12.3. The summed E-state index contributed by atoms with van der Waals surface area (Å²) in [7, 11) is -2.74. The van der Waals surface area contributed by atoms with Crippen LogP contribution in [-0.4, -0.2) is 70.1 Å². The van der Waals surface area contributed by atoms with Crippen molar-refractivity contribution in [2.45, 2.75) is 12.5 Å². The summed E-state index contributed by atoms with van der Waals surface area (Å²) in [6.07, 6.45) is 0.782. The Morgan fingerprint density at radius 2 is 2.06 bits per heavy atom. The predicted octanol–water partition coefficient (Wildman–Crippen LogP) is -1.33. The maximum absolute atomic E-state index is 11.2. The molecule has 2 N–H and O–H groups in total. The molecule has 1 atom stereocenters. The van der Waals surface area contributed by atoms with E-state index in [9.17, 15) is 8.42 Å². The van der Waals surface area contributed by atoms with Gasteiger partial charge in [-0.15, -0.1) is 0 Å². The van der Waals surface area contributed by atoms with Gasteiger partial charge in [0.15, 0.2) is 9.84 Å². The van der Waals surface area contributed by atoms with Gasteiger partial charge >= 0.3 is 0 Å². The molecule has 0 spiro atoms. The summed E-state index contributed by atoms with van der Waals surface area (Å²) >= 11 is 0. The zero-order valence-corrected chi connectivity index (χ0v) is 10.4. The van der Waals surface area contributed by atoms with Crippen LogP contribution in [0.1, 0.15) is 6.42 Å². The standard InChI is InChI=1S/C10H21N3O2S/c14-16(15)8-1-10(9-16)12-4-7-13-5-2-11-3-6-13/h10-12H,1-9H2. The van der Waals surface area contributed by atoms with Gasteiger partial charge in [-0.3, -0.25) is 4.90 Å². The summed E-state index contributed by atoms with van der Waals surface area (Å²) in [6, 6.07) is 0.188. The van der Waals surface area contributed by atoms with Crippen molar-refractivity contribution < 1.29 is 8.42 Å². The summed E-state index contributed by atoms with van der Waals surface area (Å²) in [6.45, 7) is 6.27.